The van der Waals surface area contributed by atoms with Crippen molar-refractivity contribution in [2.45, 2.75) is 0 Å². The summed E-state index contributed by atoms with van der Waals surface area (Å²) in [6, 6.07) is 10.3. The summed E-state index contributed by atoms with van der Waals surface area (Å²) in [6.07, 6.45) is 7.64. The average Bonchev–Trinajstić information content (AvgIpc) is 3.19. The van der Waals surface area contributed by atoms with Crippen LogP contribution >= 0.6 is 0 Å². The average molecular weight is 326 g/mol. The predicted molar refractivity (Wildman–Crippen MR) is 104 cm³/mol. The van der Waals surface area contributed by atoms with Gasteiger partial charge in [-0.1, -0.05) is 36.1 Å². The molecule has 0 amide bonds. The largest absolute Gasteiger partial charge is 0.380 e. The van der Waals surface area contributed by atoms with Crippen LogP contribution in [-0.2, 0) is 7.05 Å². The van der Waals surface area contributed by atoms with Crippen LogP contribution in [0.25, 0.3) is 21.9 Å². The molecule has 4 heteroatoms. The van der Waals surface area contributed by atoms with Crippen LogP contribution in [0.5, 0.6) is 0 Å². The first kappa shape index (κ1) is 15.1. The van der Waals surface area contributed by atoms with Crippen LogP contribution < -0.4 is 5.32 Å². The van der Waals surface area contributed by atoms with Crippen molar-refractivity contribution in [2.24, 2.45) is 7.05 Å². The second-order valence-electron chi connectivity index (χ2n) is 5.92. The first-order chi connectivity index (χ1) is 12.3. The van der Waals surface area contributed by atoms with E-state index >= 15 is 0 Å². The number of benzene rings is 1. The Labute approximate surface area is 146 Å². The Morgan fingerprint density at radius 1 is 1.24 bits per heavy atom. The summed E-state index contributed by atoms with van der Waals surface area (Å²) in [5.74, 6) is 6.60. The SMILES string of the molecule is C=CCNc1cnc2c(c1)c(C#Cc1c[nH]c3ccccc13)cn2C. The highest BCUT2D eigenvalue weighted by atomic mass is 15.0. The molecule has 122 valence electrons. The Bertz CT molecular complexity index is 1140. The van der Waals surface area contributed by atoms with Crippen LogP contribution in [-0.4, -0.2) is 21.1 Å². The molecule has 2 N–H and O–H groups in total. The highest BCUT2D eigenvalue weighted by Gasteiger charge is 2.07. The van der Waals surface area contributed by atoms with E-state index in [0.29, 0.717) is 6.54 Å². The summed E-state index contributed by atoms with van der Waals surface area (Å²) in [5.41, 5.74) is 4.96. The smallest absolute Gasteiger partial charge is 0.141 e. The molecule has 4 nitrogen and oxygen atoms in total. The number of nitrogens with one attached hydrogen (secondary N) is 2. The number of pyridine rings is 1. The van der Waals surface area contributed by atoms with E-state index in [9.17, 15) is 0 Å². The van der Waals surface area contributed by atoms with Crippen LogP contribution in [0.2, 0.25) is 0 Å². The van der Waals surface area contributed by atoms with Crippen molar-refractivity contribution < 1.29 is 0 Å². The summed E-state index contributed by atoms with van der Waals surface area (Å²) < 4.78 is 2.01. The molecule has 0 aliphatic rings. The van der Waals surface area contributed by atoms with Crippen molar-refractivity contribution in [3.63, 3.8) is 0 Å². The molecule has 0 aliphatic heterocycles. The Morgan fingerprint density at radius 3 is 2.96 bits per heavy atom. The molecule has 0 saturated carbocycles. The summed E-state index contributed by atoms with van der Waals surface area (Å²) in [7, 11) is 1.99. The molecule has 0 saturated heterocycles. The summed E-state index contributed by atoms with van der Waals surface area (Å²) >= 11 is 0. The van der Waals surface area contributed by atoms with Crippen LogP contribution in [0.4, 0.5) is 5.69 Å². The number of fused-ring (bicyclic) bond motifs is 2. The zero-order valence-corrected chi connectivity index (χ0v) is 14.0. The molecule has 0 spiro atoms. The lowest BCUT2D eigenvalue weighted by Crippen LogP contribution is -1.98. The van der Waals surface area contributed by atoms with E-state index in [0.717, 1.165) is 38.8 Å². The van der Waals surface area contributed by atoms with E-state index in [4.69, 9.17) is 0 Å². The molecule has 4 aromatic rings. The maximum atomic E-state index is 4.54. The minimum atomic E-state index is 0.705. The summed E-state index contributed by atoms with van der Waals surface area (Å²) in [6.45, 7) is 4.43. The fourth-order valence-corrected chi connectivity index (χ4v) is 2.96. The molecule has 0 bridgehead atoms. The molecular weight excluding hydrogens is 308 g/mol. The minimum absolute atomic E-state index is 0.705. The van der Waals surface area contributed by atoms with Gasteiger partial charge in [0.05, 0.1) is 23.0 Å². The molecule has 25 heavy (non-hydrogen) atoms. The van der Waals surface area contributed by atoms with E-state index in [1.165, 1.54) is 0 Å². The van der Waals surface area contributed by atoms with E-state index < -0.39 is 0 Å². The predicted octanol–water partition coefficient (Wildman–Crippen LogP) is 4.05. The van der Waals surface area contributed by atoms with Gasteiger partial charge in [-0.05, 0) is 12.1 Å². The second-order valence-corrected chi connectivity index (χ2v) is 5.92. The quantitative estimate of drug-likeness (QED) is 0.441. The third kappa shape index (κ3) is 2.77. The molecule has 3 aromatic heterocycles. The van der Waals surface area contributed by atoms with Crippen LogP contribution in [0, 0.1) is 11.8 Å². The Hall–Kier alpha value is -3.45. The van der Waals surface area contributed by atoms with Gasteiger partial charge in [-0.2, -0.15) is 0 Å². The van der Waals surface area contributed by atoms with E-state index in [1.807, 2.05) is 48.4 Å². The van der Waals surface area contributed by atoms with Crippen molar-refractivity contribution in [1.29, 1.82) is 0 Å². The Kier molecular flexibility index (Phi) is 3.75. The standard InChI is InChI=1S/C21H18N4/c1-3-10-22-17-11-19-16(14-25(2)21(19)24-13-17)9-8-15-12-23-20-7-5-4-6-18(15)20/h3-7,11-14,22-23H,1,10H2,2H3. The number of aromatic nitrogens is 3. The Balaban J connectivity index is 1.78. The van der Waals surface area contributed by atoms with Gasteiger partial charge in [0, 0.05) is 42.3 Å². The first-order valence-corrected chi connectivity index (χ1v) is 8.14. The molecule has 0 aliphatic carbocycles. The highest BCUT2D eigenvalue weighted by molar-refractivity contribution is 5.88. The lowest BCUT2D eigenvalue weighted by Gasteiger charge is -2.03. The highest BCUT2D eigenvalue weighted by Crippen LogP contribution is 2.22. The molecular formula is C21H18N4. The van der Waals surface area contributed by atoms with Crippen molar-refractivity contribution in [3.05, 3.63) is 72.7 Å². The fraction of sp³-hybridized carbons (Fsp3) is 0.0952. The molecule has 4 rings (SSSR count). The van der Waals surface area contributed by atoms with Crippen LogP contribution in [0.1, 0.15) is 11.1 Å². The third-order valence-corrected chi connectivity index (χ3v) is 4.19. The number of hydrogen-bond acceptors (Lipinski definition) is 2. The monoisotopic (exact) mass is 326 g/mol. The maximum absolute atomic E-state index is 4.54. The number of hydrogen-bond donors (Lipinski definition) is 2. The molecule has 1 aromatic carbocycles. The van der Waals surface area contributed by atoms with Gasteiger partial charge in [0.25, 0.3) is 0 Å². The number of aryl methyl sites for hydroxylation is 1. The van der Waals surface area contributed by atoms with Gasteiger partial charge in [-0.15, -0.1) is 6.58 Å². The van der Waals surface area contributed by atoms with Crippen molar-refractivity contribution in [1.82, 2.24) is 14.5 Å². The number of nitrogens with zero attached hydrogens (tertiary/aromatic N) is 2. The van der Waals surface area contributed by atoms with Gasteiger partial charge in [0.15, 0.2) is 0 Å². The molecule has 0 atom stereocenters. The van der Waals surface area contributed by atoms with Crippen molar-refractivity contribution >= 4 is 27.6 Å². The Morgan fingerprint density at radius 2 is 2.08 bits per heavy atom. The van der Waals surface area contributed by atoms with Gasteiger partial charge >= 0.3 is 0 Å². The van der Waals surface area contributed by atoms with Gasteiger partial charge in [0.1, 0.15) is 5.65 Å². The minimum Gasteiger partial charge on any atom is -0.380 e. The third-order valence-electron chi connectivity index (χ3n) is 4.19. The lowest BCUT2D eigenvalue weighted by atomic mass is 10.1. The van der Waals surface area contributed by atoms with Gasteiger partial charge in [0.2, 0.25) is 0 Å². The van der Waals surface area contributed by atoms with Gasteiger partial charge in [-0.3, -0.25) is 0 Å². The molecule has 0 fully saturated rings. The first-order valence-electron chi connectivity index (χ1n) is 8.14. The lowest BCUT2D eigenvalue weighted by molar-refractivity contribution is 0.947. The molecule has 0 unspecified atom stereocenters. The van der Waals surface area contributed by atoms with Crippen molar-refractivity contribution in [3.8, 4) is 11.8 Å². The number of rotatable bonds is 3. The van der Waals surface area contributed by atoms with Crippen molar-refractivity contribution in [2.75, 3.05) is 11.9 Å². The van der Waals surface area contributed by atoms with E-state index in [-0.39, 0.29) is 0 Å². The number of aromatic amines is 1. The number of para-hydroxylation sites is 1. The van der Waals surface area contributed by atoms with Crippen LogP contribution in [0.3, 0.4) is 0 Å². The van der Waals surface area contributed by atoms with E-state index in [1.54, 1.807) is 0 Å². The maximum Gasteiger partial charge on any atom is 0.141 e. The topological polar surface area (TPSA) is 45.6 Å². The second kappa shape index (κ2) is 6.21. The normalized spacial score (nSPS) is 10.6. The zero-order chi connectivity index (χ0) is 17.2. The molecule has 3 heterocycles. The number of anilines is 1. The van der Waals surface area contributed by atoms with Gasteiger partial charge < -0.3 is 14.9 Å². The summed E-state index contributed by atoms with van der Waals surface area (Å²) in [4.78, 5) is 7.80. The fourth-order valence-electron chi connectivity index (χ4n) is 2.96. The number of H-pyrrole nitrogens is 1. The zero-order valence-electron chi connectivity index (χ0n) is 14.0. The van der Waals surface area contributed by atoms with Gasteiger partial charge in [-0.25, -0.2) is 4.98 Å². The van der Waals surface area contributed by atoms with E-state index in [2.05, 4.69) is 51.9 Å². The molecule has 0 radical (unpaired) electrons. The summed E-state index contributed by atoms with van der Waals surface area (Å²) in [5, 5.41) is 5.46. The van der Waals surface area contributed by atoms with Crippen LogP contribution in [0.15, 0.2) is 61.6 Å².